The molecule has 1 heterocycles. The molecule has 1 nitrogen and oxygen atoms in total. The van der Waals surface area contributed by atoms with Gasteiger partial charge in [0.2, 0.25) is 0 Å². The average Bonchev–Trinajstić information content (AvgIpc) is 1.58. The van der Waals surface area contributed by atoms with Crippen LogP contribution in [0.4, 0.5) is 4.39 Å². The molecule has 0 N–H and O–H groups in total. The van der Waals surface area contributed by atoms with Gasteiger partial charge in [-0.1, -0.05) is 20.8 Å². The van der Waals surface area contributed by atoms with E-state index in [2.05, 4.69) is 0 Å². The van der Waals surface area contributed by atoms with Gasteiger partial charge < -0.3 is 0 Å². The average molecular weight is 145 g/mol. The standard InChI is InChI=1S/C8H16FN/c1-7(2,3)8(9)5-10(4)6-8/h5-6H2,1-4H3. The van der Waals surface area contributed by atoms with Crippen molar-refractivity contribution in [1.29, 1.82) is 0 Å². The largest absolute Gasteiger partial charge is 0.300 e. The summed E-state index contributed by atoms with van der Waals surface area (Å²) in [6.45, 7) is 7.06. The summed E-state index contributed by atoms with van der Waals surface area (Å²) >= 11 is 0. The lowest BCUT2D eigenvalue weighted by Crippen LogP contribution is -2.63. The summed E-state index contributed by atoms with van der Waals surface area (Å²) in [7, 11) is 1.95. The highest BCUT2D eigenvalue weighted by molar-refractivity contribution is 5.02. The monoisotopic (exact) mass is 145 g/mol. The Kier molecular flexibility index (Phi) is 1.55. The van der Waals surface area contributed by atoms with Crippen molar-refractivity contribution in [2.75, 3.05) is 20.1 Å². The van der Waals surface area contributed by atoms with Gasteiger partial charge in [-0.05, 0) is 12.5 Å². The van der Waals surface area contributed by atoms with E-state index in [1.807, 2.05) is 32.7 Å². The van der Waals surface area contributed by atoms with Crippen molar-refractivity contribution in [3.05, 3.63) is 0 Å². The van der Waals surface area contributed by atoms with Crippen LogP contribution in [0, 0.1) is 5.41 Å². The fourth-order valence-electron chi connectivity index (χ4n) is 1.28. The second-order valence-corrected chi connectivity index (χ2v) is 4.39. The van der Waals surface area contributed by atoms with Crippen LogP contribution < -0.4 is 0 Å². The quantitative estimate of drug-likeness (QED) is 0.501. The van der Waals surface area contributed by atoms with E-state index in [-0.39, 0.29) is 5.41 Å². The molecule has 0 saturated carbocycles. The Morgan fingerprint density at radius 1 is 1.30 bits per heavy atom. The van der Waals surface area contributed by atoms with E-state index in [9.17, 15) is 4.39 Å². The van der Waals surface area contributed by atoms with Gasteiger partial charge in [-0.15, -0.1) is 0 Å². The van der Waals surface area contributed by atoms with Gasteiger partial charge in [-0.3, -0.25) is 4.90 Å². The molecule has 1 saturated heterocycles. The van der Waals surface area contributed by atoms with Gasteiger partial charge in [-0.2, -0.15) is 0 Å². The Labute approximate surface area is 62.2 Å². The third-order valence-corrected chi connectivity index (χ3v) is 2.39. The first kappa shape index (κ1) is 7.99. The topological polar surface area (TPSA) is 3.24 Å². The molecule has 0 aliphatic carbocycles. The van der Waals surface area contributed by atoms with Crippen molar-refractivity contribution in [3.63, 3.8) is 0 Å². The summed E-state index contributed by atoms with van der Waals surface area (Å²) in [6.07, 6.45) is 0. The van der Waals surface area contributed by atoms with Gasteiger partial charge in [0.05, 0.1) is 0 Å². The second-order valence-electron chi connectivity index (χ2n) is 4.39. The Balaban J connectivity index is 2.57. The molecule has 60 valence electrons. The maximum atomic E-state index is 13.6. The summed E-state index contributed by atoms with van der Waals surface area (Å²) < 4.78 is 13.6. The van der Waals surface area contributed by atoms with Gasteiger partial charge >= 0.3 is 0 Å². The van der Waals surface area contributed by atoms with Crippen molar-refractivity contribution in [1.82, 2.24) is 4.90 Å². The Morgan fingerprint density at radius 3 is 1.80 bits per heavy atom. The molecule has 0 spiro atoms. The first-order chi connectivity index (χ1) is 4.35. The van der Waals surface area contributed by atoms with Crippen molar-refractivity contribution in [2.45, 2.75) is 26.4 Å². The summed E-state index contributed by atoms with van der Waals surface area (Å²) in [5.74, 6) is 0. The van der Waals surface area contributed by atoms with Gasteiger partial charge in [0, 0.05) is 13.1 Å². The van der Waals surface area contributed by atoms with Crippen LogP contribution >= 0.6 is 0 Å². The number of nitrogens with zero attached hydrogens (tertiary/aromatic N) is 1. The SMILES string of the molecule is CN1CC(F)(C(C)(C)C)C1. The number of alkyl halides is 1. The van der Waals surface area contributed by atoms with E-state index in [0.29, 0.717) is 13.1 Å². The fraction of sp³-hybridized carbons (Fsp3) is 1.00. The van der Waals surface area contributed by atoms with Crippen molar-refractivity contribution >= 4 is 0 Å². The lowest BCUT2D eigenvalue weighted by Gasteiger charge is -2.50. The van der Waals surface area contributed by atoms with E-state index >= 15 is 0 Å². The van der Waals surface area contributed by atoms with Crippen molar-refractivity contribution in [2.24, 2.45) is 5.41 Å². The molecule has 0 amide bonds. The van der Waals surface area contributed by atoms with Gasteiger partial charge in [0.25, 0.3) is 0 Å². The maximum Gasteiger partial charge on any atom is 0.140 e. The van der Waals surface area contributed by atoms with Gasteiger partial charge in [-0.25, -0.2) is 4.39 Å². The molecule has 10 heavy (non-hydrogen) atoms. The van der Waals surface area contributed by atoms with Crippen LogP contribution in [-0.2, 0) is 0 Å². The molecule has 1 aliphatic rings. The first-order valence-corrected chi connectivity index (χ1v) is 3.73. The predicted octanol–water partition coefficient (Wildman–Crippen LogP) is 1.69. The lowest BCUT2D eigenvalue weighted by atomic mass is 9.73. The van der Waals surface area contributed by atoms with Crippen LogP contribution in [0.2, 0.25) is 0 Å². The zero-order valence-electron chi connectivity index (χ0n) is 7.24. The van der Waals surface area contributed by atoms with Crippen LogP contribution in [0.15, 0.2) is 0 Å². The van der Waals surface area contributed by atoms with Crippen molar-refractivity contribution in [3.8, 4) is 0 Å². The Morgan fingerprint density at radius 2 is 1.70 bits per heavy atom. The molecule has 1 fully saturated rings. The molecule has 1 rings (SSSR count). The third kappa shape index (κ3) is 1.05. The maximum absolute atomic E-state index is 13.6. The molecular weight excluding hydrogens is 129 g/mol. The van der Waals surface area contributed by atoms with E-state index in [1.54, 1.807) is 0 Å². The van der Waals surface area contributed by atoms with Crippen LogP contribution in [0.5, 0.6) is 0 Å². The third-order valence-electron chi connectivity index (χ3n) is 2.39. The Hall–Kier alpha value is -0.110. The molecule has 0 aromatic rings. The summed E-state index contributed by atoms with van der Waals surface area (Å²) in [5.41, 5.74) is -1.14. The minimum atomic E-state index is -0.943. The van der Waals surface area contributed by atoms with E-state index in [0.717, 1.165) is 0 Å². The number of hydrogen-bond acceptors (Lipinski definition) is 1. The van der Waals surface area contributed by atoms with Crippen molar-refractivity contribution < 1.29 is 4.39 Å². The molecule has 2 heteroatoms. The minimum absolute atomic E-state index is 0.195. The van der Waals surface area contributed by atoms with E-state index < -0.39 is 5.67 Å². The predicted molar refractivity (Wildman–Crippen MR) is 40.8 cm³/mol. The summed E-state index contributed by atoms with van der Waals surface area (Å²) in [6, 6.07) is 0. The summed E-state index contributed by atoms with van der Waals surface area (Å²) in [5, 5.41) is 0. The van der Waals surface area contributed by atoms with Crippen LogP contribution in [0.25, 0.3) is 0 Å². The minimum Gasteiger partial charge on any atom is -0.300 e. The van der Waals surface area contributed by atoms with Crippen LogP contribution in [0.3, 0.4) is 0 Å². The fourth-order valence-corrected chi connectivity index (χ4v) is 1.28. The molecule has 0 aromatic carbocycles. The lowest BCUT2D eigenvalue weighted by molar-refractivity contribution is -0.0925. The molecular formula is C8H16FN. The smallest absolute Gasteiger partial charge is 0.140 e. The van der Waals surface area contributed by atoms with Crippen LogP contribution in [0.1, 0.15) is 20.8 Å². The molecule has 0 bridgehead atoms. The number of rotatable bonds is 0. The zero-order valence-corrected chi connectivity index (χ0v) is 7.24. The molecule has 0 unspecified atom stereocenters. The molecule has 0 atom stereocenters. The molecule has 0 aromatic heterocycles. The number of hydrogen-bond donors (Lipinski definition) is 0. The molecule has 1 aliphatic heterocycles. The number of halogens is 1. The van der Waals surface area contributed by atoms with E-state index in [1.165, 1.54) is 0 Å². The summed E-state index contributed by atoms with van der Waals surface area (Å²) in [4.78, 5) is 2.01. The first-order valence-electron chi connectivity index (χ1n) is 3.73. The van der Waals surface area contributed by atoms with Gasteiger partial charge in [0.15, 0.2) is 0 Å². The van der Waals surface area contributed by atoms with Gasteiger partial charge in [0.1, 0.15) is 5.67 Å². The second kappa shape index (κ2) is 1.94. The normalized spacial score (nSPS) is 26.1. The highest BCUT2D eigenvalue weighted by Gasteiger charge is 2.50. The van der Waals surface area contributed by atoms with E-state index in [4.69, 9.17) is 0 Å². The zero-order chi connectivity index (χ0) is 7.99. The highest BCUT2D eigenvalue weighted by atomic mass is 19.1. The number of likely N-dealkylation sites (tertiary alicyclic amines) is 1. The highest BCUT2D eigenvalue weighted by Crippen LogP contribution is 2.40. The Bertz CT molecular complexity index is 131. The van der Waals surface area contributed by atoms with Crippen LogP contribution in [-0.4, -0.2) is 30.7 Å². The molecule has 0 radical (unpaired) electrons.